The van der Waals surface area contributed by atoms with E-state index in [0.717, 1.165) is 37.7 Å². The first-order valence-corrected chi connectivity index (χ1v) is 14.2. The topological polar surface area (TPSA) is 96.2 Å². The standard InChI is InChI=1S/C30H48O6/c1-25(2,33)12-11-24-29(7,36-26(3,4)35-24)23-10-15-30(34)20-17-22(32)21-16-18(31)8-13-27(21,5)19(20)9-14-28(23,30)6/h17-19,21,23-24,31,33-34H,8-16H2,1-7H3/t18-,19?,21?,23-,24?,27+,28+,29+,30+/m0/s1. The first-order valence-electron chi connectivity index (χ1n) is 14.2. The Morgan fingerprint density at radius 1 is 1.03 bits per heavy atom. The van der Waals surface area contributed by atoms with Crippen LogP contribution in [0.1, 0.15) is 106 Å². The Morgan fingerprint density at radius 2 is 1.72 bits per heavy atom. The van der Waals surface area contributed by atoms with E-state index in [9.17, 15) is 20.1 Å². The van der Waals surface area contributed by atoms with Gasteiger partial charge in [-0.3, -0.25) is 4.79 Å². The average molecular weight is 505 g/mol. The van der Waals surface area contributed by atoms with Gasteiger partial charge in [-0.15, -0.1) is 0 Å². The maximum absolute atomic E-state index is 13.4. The van der Waals surface area contributed by atoms with E-state index in [0.29, 0.717) is 25.7 Å². The fourth-order valence-electron chi connectivity index (χ4n) is 9.44. The minimum absolute atomic E-state index is 0.0549. The van der Waals surface area contributed by atoms with Crippen LogP contribution in [0.25, 0.3) is 0 Å². The van der Waals surface area contributed by atoms with Gasteiger partial charge >= 0.3 is 0 Å². The number of hydrogen-bond donors (Lipinski definition) is 3. The number of ketones is 1. The largest absolute Gasteiger partial charge is 0.393 e. The Hall–Kier alpha value is -0.790. The molecule has 5 rings (SSSR count). The van der Waals surface area contributed by atoms with Crippen molar-refractivity contribution in [3.8, 4) is 0 Å². The van der Waals surface area contributed by atoms with Crippen LogP contribution in [-0.2, 0) is 14.3 Å². The lowest BCUT2D eigenvalue weighted by molar-refractivity contribution is -0.190. The molecule has 0 aromatic carbocycles. The normalized spacial score (nSPS) is 50.3. The summed E-state index contributed by atoms with van der Waals surface area (Å²) in [6.45, 7) is 14.1. The summed E-state index contributed by atoms with van der Waals surface area (Å²) in [5.74, 6) is -0.591. The van der Waals surface area contributed by atoms with Crippen LogP contribution in [0.5, 0.6) is 0 Å². The zero-order chi connectivity index (χ0) is 26.5. The van der Waals surface area contributed by atoms with Crippen molar-refractivity contribution < 1.29 is 29.6 Å². The van der Waals surface area contributed by atoms with E-state index in [2.05, 4.69) is 20.8 Å². The number of aliphatic hydroxyl groups is 3. The van der Waals surface area contributed by atoms with Crippen molar-refractivity contribution in [3.05, 3.63) is 11.6 Å². The molecule has 36 heavy (non-hydrogen) atoms. The van der Waals surface area contributed by atoms with Gasteiger partial charge in [0.25, 0.3) is 0 Å². The van der Waals surface area contributed by atoms with Gasteiger partial charge in [0.2, 0.25) is 0 Å². The number of carbonyl (C=O) groups is 1. The average Bonchev–Trinajstić information content (AvgIpc) is 3.17. The minimum atomic E-state index is -1.06. The summed E-state index contributed by atoms with van der Waals surface area (Å²) in [5.41, 5.74) is -2.17. The highest BCUT2D eigenvalue weighted by Crippen LogP contribution is 2.69. The van der Waals surface area contributed by atoms with Crippen LogP contribution in [-0.4, -0.2) is 55.9 Å². The predicted molar refractivity (Wildman–Crippen MR) is 137 cm³/mol. The fourth-order valence-corrected chi connectivity index (χ4v) is 9.44. The monoisotopic (exact) mass is 504 g/mol. The van der Waals surface area contributed by atoms with E-state index in [4.69, 9.17) is 9.47 Å². The van der Waals surface area contributed by atoms with Gasteiger partial charge in [-0.1, -0.05) is 13.8 Å². The number of allylic oxidation sites excluding steroid dienone is 1. The Bertz CT molecular complexity index is 950. The highest BCUT2D eigenvalue weighted by molar-refractivity contribution is 5.95. The highest BCUT2D eigenvalue weighted by atomic mass is 16.8. The van der Waals surface area contributed by atoms with Crippen molar-refractivity contribution in [1.82, 2.24) is 0 Å². The second-order valence-corrected chi connectivity index (χ2v) is 14.6. The van der Waals surface area contributed by atoms with Crippen molar-refractivity contribution in [3.63, 3.8) is 0 Å². The van der Waals surface area contributed by atoms with Gasteiger partial charge in [0.1, 0.15) is 0 Å². The van der Waals surface area contributed by atoms with Gasteiger partial charge in [0, 0.05) is 11.3 Å². The van der Waals surface area contributed by atoms with Crippen molar-refractivity contribution >= 4 is 5.78 Å². The lowest BCUT2D eigenvalue weighted by Crippen LogP contribution is -2.61. The molecular formula is C30H48O6. The molecule has 204 valence electrons. The molecule has 6 nitrogen and oxygen atoms in total. The van der Waals surface area contributed by atoms with Crippen LogP contribution in [0, 0.1) is 28.6 Å². The van der Waals surface area contributed by atoms with Crippen LogP contribution in [0.15, 0.2) is 11.6 Å². The first-order chi connectivity index (χ1) is 16.5. The van der Waals surface area contributed by atoms with Crippen LogP contribution in [0.2, 0.25) is 0 Å². The van der Waals surface area contributed by atoms with Crippen molar-refractivity contribution in [2.24, 2.45) is 28.6 Å². The number of ether oxygens (including phenoxy) is 2. The molecule has 3 N–H and O–H groups in total. The number of fused-ring (bicyclic) bond motifs is 5. The summed E-state index contributed by atoms with van der Waals surface area (Å²) in [6.07, 6.45) is 7.78. The van der Waals surface area contributed by atoms with E-state index in [-0.39, 0.29) is 35.1 Å². The minimum Gasteiger partial charge on any atom is -0.393 e. The molecule has 3 unspecified atom stereocenters. The molecule has 1 saturated heterocycles. The zero-order valence-corrected chi connectivity index (χ0v) is 23.4. The van der Waals surface area contributed by atoms with Crippen molar-refractivity contribution in [1.29, 1.82) is 0 Å². The molecule has 9 atom stereocenters. The van der Waals surface area contributed by atoms with Crippen LogP contribution in [0.4, 0.5) is 0 Å². The lowest BCUT2D eigenvalue weighted by Gasteiger charge is -2.60. The van der Waals surface area contributed by atoms with Gasteiger partial charge in [-0.05, 0) is 121 Å². The third-order valence-electron chi connectivity index (χ3n) is 11.3. The van der Waals surface area contributed by atoms with E-state index in [1.54, 1.807) is 6.08 Å². The van der Waals surface area contributed by atoms with Gasteiger partial charge in [0.05, 0.1) is 29.0 Å². The summed E-state index contributed by atoms with van der Waals surface area (Å²) in [7, 11) is 0. The molecule has 1 heterocycles. The molecule has 5 aliphatic rings. The molecule has 3 saturated carbocycles. The summed E-state index contributed by atoms with van der Waals surface area (Å²) in [5, 5.41) is 33.3. The number of rotatable bonds is 4. The SMILES string of the molecule is CC(C)(O)CCC1OC(C)(C)O[C@]1(C)[C@H]1CC[C@@]2(O)C3=CC(=O)C4C[C@@H](O)CC[C@]4(C)C3CC[C@]12C. The second-order valence-electron chi connectivity index (χ2n) is 14.6. The van der Waals surface area contributed by atoms with Crippen molar-refractivity contribution in [2.45, 2.75) is 141 Å². The Balaban J connectivity index is 1.50. The summed E-state index contributed by atoms with van der Waals surface area (Å²) < 4.78 is 13.1. The van der Waals surface area contributed by atoms with Crippen LogP contribution < -0.4 is 0 Å². The van der Waals surface area contributed by atoms with Crippen LogP contribution >= 0.6 is 0 Å². The Kier molecular flexibility index (Phi) is 6.04. The highest BCUT2D eigenvalue weighted by Gasteiger charge is 2.71. The summed E-state index contributed by atoms with van der Waals surface area (Å²) in [6, 6.07) is 0. The zero-order valence-electron chi connectivity index (χ0n) is 23.4. The van der Waals surface area contributed by atoms with Gasteiger partial charge < -0.3 is 24.8 Å². The maximum atomic E-state index is 13.4. The van der Waals surface area contributed by atoms with E-state index in [1.807, 2.05) is 27.7 Å². The number of carbonyl (C=O) groups excluding carboxylic acids is 1. The van der Waals surface area contributed by atoms with Crippen LogP contribution in [0.3, 0.4) is 0 Å². The third-order valence-corrected chi connectivity index (χ3v) is 11.3. The van der Waals surface area contributed by atoms with Gasteiger partial charge in [0.15, 0.2) is 11.6 Å². The molecule has 4 fully saturated rings. The second kappa shape index (κ2) is 8.11. The predicted octanol–water partition coefficient (Wildman–Crippen LogP) is 4.68. The molecule has 0 bridgehead atoms. The number of hydrogen-bond acceptors (Lipinski definition) is 6. The first kappa shape index (κ1) is 26.8. The summed E-state index contributed by atoms with van der Waals surface area (Å²) in [4.78, 5) is 13.4. The van der Waals surface area contributed by atoms with E-state index >= 15 is 0 Å². The lowest BCUT2D eigenvalue weighted by atomic mass is 9.46. The smallest absolute Gasteiger partial charge is 0.164 e. The molecule has 0 spiro atoms. The fraction of sp³-hybridized carbons (Fsp3) is 0.900. The van der Waals surface area contributed by atoms with Crippen molar-refractivity contribution in [2.75, 3.05) is 0 Å². The maximum Gasteiger partial charge on any atom is 0.164 e. The number of aliphatic hydroxyl groups excluding tert-OH is 1. The Morgan fingerprint density at radius 3 is 2.39 bits per heavy atom. The molecule has 0 amide bonds. The van der Waals surface area contributed by atoms with E-state index < -0.39 is 34.1 Å². The summed E-state index contributed by atoms with van der Waals surface area (Å²) >= 11 is 0. The van der Waals surface area contributed by atoms with E-state index in [1.165, 1.54) is 0 Å². The van der Waals surface area contributed by atoms with Gasteiger partial charge in [-0.25, -0.2) is 0 Å². The molecule has 1 aliphatic heterocycles. The quantitative estimate of drug-likeness (QED) is 0.514. The van der Waals surface area contributed by atoms with Gasteiger partial charge in [-0.2, -0.15) is 0 Å². The molecular weight excluding hydrogens is 456 g/mol. The molecule has 0 radical (unpaired) electrons. The third kappa shape index (κ3) is 3.80. The molecule has 4 aliphatic carbocycles. The Labute approximate surface area is 216 Å². The molecule has 0 aromatic rings. The molecule has 6 heteroatoms. The molecule has 0 aromatic heterocycles.